The maximum Gasteiger partial charge on any atom is 0.256 e. The summed E-state index contributed by atoms with van der Waals surface area (Å²) in [4.78, 5) is 14.6. The van der Waals surface area contributed by atoms with Crippen LogP contribution >= 0.6 is 0 Å². The molecule has 2 aliphatic rings. The van der Waals surface area contributed by atoms with E-state index in [-0.39, 0.29) is 17.6 Å². The molecular formula is C23H23NO4. The van der Waals surface area contributed by atoms with Gasteiger partial charge in [0.1, 0.15) is 17.3 Å². The summed E-state index contributed by atoms with van der Waals surface area (Å²) in [6.07, 6.45) is 3.97. The molecule has 28 heavy (non-hydrogen) atoms. The zero-order valence-electron chi connectivity index (χ0n) is 16.2. The Morgan fingerprint density at radius 2 is 1.96 bits per heavy atom. The van der Waals surface area contributed by atoms with E-state index in [0.29, 0.717) is 12.0 Å². The van der Waals surface area contributed by atoms with Crippen molar-refractivity contribution >= 4 is 12.0 Å². The molecule has 1 fully saturated rings. The third-order valence-corrected chi connectivity index (χ3v) is 5.63. The van der Waals surface area contributed by atoms with Gasteiger partial charge in [-0.2, -0.15) is 0 Å². The molecule has 2 aliphatic heterocycles. The number of methoxy groups -OCH3 is 1. The Balaban J connectivity index is 1.74. The largest absolute Gasteiger partial charge is 0.507 e. The fourth-order valence-electron chi connectivity index (χ4n) is 3.90. The number of nitrogens with zero attached hydrogens (tertiary/aromatic N) is 1. The SMILES string of the molecule is COc1ccc(/C=C/C(O)=C2C(=O)N(C)C3(C)CC2c2ccccc2O3)cc1. The average Bonchev–Trinajstić information content (AvgIpc) is 2.71. The summed E-state index contributed by atoms with van der Waals surface area (Å²) in [6, 6.07) is 15.2. The lowest BCUT2D eigenvalue weighted by atomic mass is 9.77. The van der Waals surface area contributed by atoms with Crippen LogP contribution in [0, 0.1) is 0 Å². The number of carbonyl (C=O) groups excluding carboxylic acids is 1. The van der Waals surface area contributed by atoms with Gasteiger partial charge in [-0.15, -0.1) is 0 Å². The molecule has 0 radical (unpaired) electrons. The summed E-state index contributed by atoms with van der Waals surface area (Å²) in [5.74, 6) is 1.08. The second kappa shape index (κ2) is 6.75. The lowest BCUT2D eigenvalue weighted by Crippen LogP contribution is -2.59. The Labute approximate surface area is 164 Å². The minimum Gasteiger partial charge on any atom is -0.507 e. The number of carbonyl (C=O) groups is 1. The summed E-state index contributed by atoms with van der Waals surface area (Å²) < 4.78 is 11.3. The standard InChI is InChI=1S/C23H23NO4/c1-23-14-18(17-6-4-5-7-20(17)28-23)21(22(26)24(23)2)19(25)13-10-15-8-11-16(27-3)12-9-15/h4-13,18,25H,14H2,1-3H3/b13-10+,21-19?. The van der Waals surface area contributed by atoms with Crippen molar-refractivity contribution in [2.45, 2.75) is 25.0 Å². The molecular weight excluding hydrogens is 354 g/mol. The molecule has 2 atom stereocenters. The quantitative estimate of drug-likeness (QED) is 0.641. The molecule has 2 unspecified atom stereocenters. The number of hydrogen-bond donors (Lipinski definition) is 1. The Bertz CT molecular complexity index is 976. The summed E-state index contributed by atoms with van der Waals surface area (Å²) in [5.41, 5.74) is 1.52. The first-order chi connectivity index (χ1) is 13.4. The number of allylic oxidation sites excluding steroid dienone is 1. The van der Waals surface area contributed by atoms with E-state index in [2.05, 4.69) is 0 Å². The van der Waals surface area contributed by atoms with E-state index < -0.39 is 5.72 Å². The minimum absolute atomic E-state index is 0.0172. The molecule has 5 nitrogen and oxygen atoms in total. The van der Waals surface area contributed by atoms with Crippen molar-refractivity contribution in [3.8, 4) is 11.5 Å². The molecule has 0 spiro atoms. The van der Waals surface area contributed by atoms with E-state index in [1.54, 1.807) is 31.2 Å². The zero-order valence-corrected chi connectivity index (χ0v) is 16.2. The number of aliphatic hydroxyl groups is 1. The molecule has 5 heteroatoms. The van der Waals surface area contributed by atoms with Crippen LogP contribution in [-0.2, 0) is 4.79 Å². The Kier molecular flexibility index (Phi) is 4.38. The van der Waals surface area contributed by atoms with Gasteiger partial charge in [0.25, 0.3) is 5.91 Å². The lowest BCUT2D eigenvalue weighted by molar-refractivity contribution is -0.153. The fourth-order valence-corrected chi connectivity index (χ4v) is 3.90. The predicted molar refractivity (Wildman–Crippen MR) is 107 cm³/mol. The van der Waals surface area contributed by atoms with E-state index in [1.807, 2.05) is 55.5 Å². The number of likely N-dealkylation sites (tertiary alicyclic amines) is 1. The molecule has 0 aromatic heterocycles. The van der Waals surface area contributed by atoms with Crippen LogP contribution in [0.5, 0.6) is 11.5 Å². The zero-order chi connectivity index (χ0) is 19.9. The van der Waals surface area contributed by atoms with Crippen LogP contribution in [0.2, 0.25) is 0 Å². The molecule has 2 aromatic carbocycles. The van der Waals surface area contributed by atoms with Gasteiger partial charge in [-0.05, 0) is 36.8 Å². The van der Waals surface area contributed by atoms with Gasteiger partial charge in [-0.25, -0.2) is 0 Å². The number of hydrogen-bond acceptors (Lipinski definition) is 4. The molecule has 4 rings (SSSR count). The third-order valence-electron chi connectivity index (χ3n) is 5.63. The summed E-state index contributed by atoms with van der Waals surface area (Å²) in [5, 5.41) is 10.8. The highest BCUT2D eigenvalue weighted by atomic mass is 16.5. The lowest BCUT2D eigenvalue weighted by Gasteiger charge is -2.49. The normalized spacial score (nSPS) is 25.3. The van der Waals surface area contributed by atoms with Crippen LogP contribution in [0.25, 0.3) is 6.08 Å². The highest BCUT2D eigenvalue weighted by Crippen LogP contribution is 2.49. The Morgan fingerprint density at radius 1 is 1.25 bits per heavy atom. The van der Waals surface area contributed by atoms with Crippen LogP contribution < -0.4 is 9.47 Å². The molecule has 144 valence electrons. The van der Waals surface area contributed by atoms with Crippen molar-refractivity contribution in [2.75, 3.05) is 14.2 Å². The average molecular weight is 377 g/mol. The van der Waals surface area contributed by atoms with Crippen molar-refractivity contribution in [3.63, 3.8) is 0 Å². The first kappa shape index (κ1) is 18.2. The molecule has 1 saturated heterocycles. The Hall–Kier alpha value is -3.21. The van der Waals surface area contributed by atoms with E-state index in [9.17, 15) is 9.90 Å². The number of amides is 1. The van der Waals surface area contributed by atoms with Crippen LogP contribution in [-0.4, -0.2) is 35.8 Å². The molecule has 2 aromatic rings. The third kappa shape index (κ3) is 2.93. The van der Waals surface area contributed by atoms with E-state index in [1.165, 1.54) is 0 Å². The molecule has 2 bridgehead atoms. The smallest absolute Gasteiger partial charge is 0.256 e. The number of ether oxygens (including phenoxy) is 2. The summed E-state index contributed by atoms with van der Waals surface area (Å²) in [7, 11) is 3.33. The van der Waals surface area contributed by atoms with Gasteiger partial charge in [0.15, 0.2) is 5.72 Å². The van der Waals surface area contributed by atoms with Gasteiger partial charge in [-0.1, -0.05) is 36.4 Å². The Morgan fingerprint density at radius 3 is 2.68 bits per heavy atom. The first-order valence-corrected chi connectivity index (χ1v) is 9.24. The number of fused-ring (bicyclic) bond motifs is 4. The first-order valence-electron chi connectivity index (χ1n) is 9.24. The van der Waals surface area contributed by atoms with Crippen LogP contribution in [0.4, 0.5) is 0 Å². The number of aliphatic hydroxyl groups excluding tert-OH is 1. The van der Waals surface area contributed by atoms with Crippen molar-refractivity contribution in [2.24, 2.45) is 0 Å². The highest BCUT2D eigenvalue weighted by molar-refractivity contribution is 5.98. The molecule has 0 aliphatic carbocycles. The maximum absolute atomic E-state index is 13.1. The number of para-hydroxylation sites is 1. The fraction of sp³-hybridized carbons (Fsp3) is 0.261. The van der Waals surface area contributed by atoms with Crippen molar-refractivity contribution in [1.82, 2.24) is 4.90 Å². The summed E-state index contributed by atoms with van der Waals surface area (Å²) >= 11 is 0. The highest BCUT2D eigenvalue weighted by Gasteiger charge is 2.50. The van der Waals surface area contributed by atoms with Crippen molar-refractivity contribution in [1.29, 1.82) is 0 Å². The number of rotatable bonds is 3. The van der Waals surface area contributed by atoms with E-state index in [4.69, 9.17) is 9.47 Å². The molecule has 0 saturated carbocycles. The van der Waals surface area contributed by atoms with Gasteiger partial charge in [0, 0.05) is 24.9 Å². The number of piperidine rings is 1. The molecule has 1 N–H and O–H groups in total. The number of likely N-dealkylation sites (N-methyl/N-ethyl adjacent to an activating group) is 1. The predicted octanol–water partition coefficient (Wildman–Crippen LogP) is 4.28. The van der Waals surface area contributed by atoms with Crippen molar-refractivity contribution in [3.05, 3.63) is 77.1 Å². The molecule has 1 amide bonds. The minimum atomic E-state index is -0.723. The van der Waals surface area contributed by atoms with Gasteiger partial charge in [0.05, 0.1) is 12.7 Å². The maximum atomic E-state index is 13.1. The van der Waals surface area contributed by atoms with Crippen molar-refractivity contribution < 1.29 is 19.4 Å². The monoisotopic (exact) mass is 377 g/mol. The summed E-state index contributed by atoms with van der Waals surface area (Å²) in [6.45, 7) is 1.91. The van der Waals surface area contributed by atoms with Crippen LogP contribution in [0.15, 0.2) is 65.9 Å². The van der Waals surface area contributed by atoms with Gasteiger partial charge in [0.2, 0.25) is 0 Å². The number of benzene rings is 2. The van der Waals surface area contributed by atoms with Crippen LogP contribution in [0.3, 0.4) is 0 Å². The van der Waals surface area contributed by atoms with Crippen LogP contribution in [0.1, 0.15) is 30.4 Å². The van der Waals surface area contributed by atoms with Gasteiger partial charge >= 0.3 is 0 Å². The van der Waals surface area contributed by atoms with E-state index in [0.717, 1.165) is 22.6 Å². The van der Waals surface area contributed by atoms with Gasteiger partial charge in [-0.3, -0.25) is 4.79 Å². The molecule has 2 heterocycles. The second-order valence-corrected chi connectivity index (χ2v) is 7.34. The van der Waals surface area contributed by atoms with Gasteiger partial charge < -0.3 is 19.5 Å². The topological polar surface area (TPSA) is 59.0 Å². The second-order valence-electron chi connectivity index (χ2n) is 7.34. The van der Waals surface area contributed by atoms with E-state index >= 15 is 0 Å².